The number of anilines is 1. The van der Waals surface area contributed by atoms with E-state index >= 15 is 0 Å². The Morgan fingerprint density at radius 3 is 2.65 bits per heavy atom. The normalized spacial score (nSPS) is 14.6. The zero-order chi connectivity index (χ0) is 25.8. The molecule has 1 N–H and O–H groups in total. The molecule has 1 aromatic carbocycles. The number of benzene rings is 1. The lowest BCUT2D eigenvalue weighted by Crippen LogP contribution is -2.37. The maximum absolute atomic E-state index is 13.5. The van der Waals surface area contributed by atoms with Gasteiger partial charge in [0.05, 0.1) is 11.0 Å². The van der Waals surface area contributed by atoms with Crippen molar-refractivity contribution in [3.05, 3.63) is 86.0 Å². The molecule has 1 aliphatic heterocycles. The van der Waals surface area contributed by atoms with Crippen LogP contribution >= 0.6 is 0 Å². The van der Waals surface area contributed by atoms with E-state index in [9.17, 15) is 14.4 Å². The van der Waals surface area contributed by atoms with E-state index < -0.39 is 5.76 Å². The monoisotopic (exact) mass is 498 g/mol. The molecule has 1 fully saturated rings. The molecule has 1 saturated heterocycles. The minimum Gasteiger partial charge on any atom is -0.408 e. The molecule has 5 aromatic rings. The molecular weight excluding hydrogens is 472 g/mol. The molecule has 0 saturated carbocycles. The first-order chi connectivity index (χ1) is 17.8. The summed E-state index contributed by atoms with van der Waals surface area (Å²) in [6.45, 7) is 5.13. The van der Waals surface area contributed by atoms with Crippen LogP contribution in [0, 0.1) is 13.8 Å². The predicted molar refractivity (Wildman–Crippen MR) is 139 cm³/mol. The maximum atomic E-state index is 13.5. The van der Waals surface area contributed by atoms with Crippen LogP contribution in [0.5, 0.6) is 0 Å². The number of carbonyl (C=O) groups excluding carboxylic acids is 1. The van der Waals surface area contributed by atoms with Gasteiger partial charge in [0.2, 0.25) is 0 Å². The summed E-state index contributed by atoms with van der Waals surface area (Å²) >= 11 is 0. The molecule has 0 amide bonds. The largest absolute Gasteiger partial charge is 0.419 e. The number of imidazole rings is 1. The summed E-state index contributed by atoms with van der Waals surface area (Å²) in [5.41, 5.74) is 4.94. The van der Waals surface area contributed by atoms with Crippen molar-refractivity contribution in [3.8, 4) is 0 Å². The van der Waals surface area contributed by atoms with Crippen molar-refractivity contribution in [2.24, 2.45) is 7.05 Å². The van der Waals surface area contributed by atoms with Gasteiger partial charge in [-0.15, -0.1) is 0 Å². The lowest BCUT2D eigenvalue weighted by Gasteiger charge is -2.33. The number of aryl methyl sites for hydroxylation is 3. The number of oxazole rings is 1. The van der Waals surface area contributed by atoms with Crippen LogP contribution in [0.1, 0.15) is 45.9 Å². The maximum Gasteiger partial charge on any atom is 0.419 e. The standard InChI is InChI=1S/C27H26N6O4/c1-15-11-17(12-21-23(15)31(3)27(36)37-21)24(34)19-13-22(29-14-16(19)2)32-9-6-18(7-10-32)33-20-5-4-8-28-25(20)30-26(33)35/h4-5,8,11-14,18H,6-7,9-10H2,1-3H3,(H,28,30,35). The van der Waals surface area contributed by atoms with Crippen molar-refractivity contribution in [3.63, 3.8) is 0 Å². The van der Waals surface area contributed by atoms with Crippen LogP contribution < -0.4 is 16.3 Å². The molecular formula is C27H26N6O4. The second-order valence-corrected chi connectivity index (χ2v) is 9.64. The van der Waals surface area contributed by atoms with Gasteiger partial charge in [0.1, 0.15) is 5.82 Å². The highest BCUT2D eigenvalue weighted by Gasteiger charge is 2.26. The number of piperidine rings is 1. The van der Waals surface area contributed by atoms with Crippen molar-refractivity contribution in [1.82, 2.24) is 24.1 Å². The Bertz CT molecular complexity index is 1800. The van der Waals surface area contributed by atoms with Crippen LogP contribution in [0.15, 0.2) is 56.7 Å². The quantitative estimate of drug-likeness (QED) is 0.378. The number of pyridine rings is 2. The highest BCUT2D eigenvalue weighted by molar-refractivity contribution is 6.11. The van der Waals surface area contributed by atoms with Crippen molar-refractivity contribution in [2.45, 2.75) is 32.7 Å². The molecule has 0 atom stereocenters. The van der Waals surface area contributed by atoms with Gasteiger partial charge in [0.15, 0.2) is 17.0 Å². The van der Waals surface area contributed by atoms with Gasteiger partial charge < -0.3 is 9.32 Å². The number of nitrogens with one attached hydrogen (secondary N) is 1. The summed E-state index contributed by atoms with van der Waals surface area (Å²) in [6, 6.07) is 9.06. The number of hydrogen-bond donors (Lipinski definition) is 1. The van der Waals surface area contributed by atoms with E-state index in [4.69, 9.17) is 4.42 Å². The Hall–Kier alpha value is -4.47. The van der Waals surface area contributed by atoms with Gasteiger partial charge in [0, 0.05) is 49.7 Å². The van der Waals surface area contributed by atoms with Gasteiger partial charge in [-0.05, 0) is 68.1 Å². The predicted octanol–water partition coefficient (Wildman–Crippen LogP) is 3.25. The number of hydrogen-bond acceptors (Lipinski definition) is 7. The number of nitrogens with zero attached hydrogens (tertiary/aromatic N) is 5. The van der Waals surface area contributed by atoms with Gasteiger partial charge in [-0.2, -0.15) is 0 Å². The Morgan fingerprint density at radius 2 is 1.86 bits per heavy atom. The zero-order valence-corrected chi connectivity index (χ0v) is 20.8. The number of fused-ring (bicyclic) bond motifs is 2. The van der Waals surface area contributed by atoms with Gasteiger partial charge in [-0.3, -0.25) is 18.9 Å². The van der Waals surface area contributed by atoms with Crippen LogP contribution in [-0.2, 0) is 7.05 Å². The molecule has 6 rings (SSSR count). The number of ketones is 1. The highest BCUT2D eigenvalue weighted by atomic mass is 16.4. The van der Waals surface area contributed by atoms with Gasteiger partial charge in [0.25, 0.3) is 0 Å². The Labute approximate surface area is 211 Å². The molecule has 0 spiro atoms. The third kappa shape index (κ3) is 3.76. The van der Waals surface area contributed by atoms with Crippen molar-refractivity contribution in [2.75, 3.05) is 18.0 Å². The molecule has 4 aromatic heterocycles. The van der Waals surface area contributed by atoms with E-state index in [1.54, 1.807) is 36.1 Å². The summed E-state index contributed by atoms with van der Waals surface area (Å²) in [4.78, 5) is 51.9. The molecule has 0 bridgehead atoms. The molecule has 188 valence electrons. The van der Waals surface area contributed by atoms with Gasteiger partial charge in [-0.25, -0.2) is 19.6 Å². The molecule has 0 unspecified atom stereocenters. The number of carbonyl (C=O) groups is 1. The van der Waals surface area contributed by atoms with E-state index in [2.05, 4.69) is 19.9 Å². The second kappa shape index (κ2) is 8.58. The summed E-state index contributed by atoms with van der Waals surface area (Å²) in [5.74, 6) is 0.120. The molecule has 0 radical (unpaired) electrons. The summed E-state index contributed by atoms with van der Waals surface area (Å²) in [7, 11) is 1.65. The summed E-state index contributed by atoms with van der Waals surface area (Å²) in [5, 5.41) is 0. The fourth-order valence-electron chi connectivity index (χ4n) is 5.40. The number of H-pyrrole nitrogens is 1. The Morgan fingerprint density at radius 1 is 1.08 bits per heavy atom. The third-order valence-corrected chi connectivity index (χ3v) is 7.31. The summed E-state index contributed by atoms with van der Waals surface area (Å²) < 4.78 is 8.58. The molecule has 5 heterocycles. The highest BCUT2D eigenvalue weighted by Crippen LogP contribution is 2.29. The first-order valence-electron chi connectivity index (χ1n) is 12.2. The second-order valence-electron chi connectivity index (χ2n) is 9.64. The SMILES string of the molecule is Cc1cnc(N2CCC(n3c(=O)[nH]c4ncccc43)CC2)cc1C(=O)c1cc(C)c2c(c1)oc(=O)n2C. The fourth-order valence-corrected chi connectivity index (χ4v) is 5.40. The van der Waals surface area contributed by atoms with Crippen LogP contribution in [-0.4, -0.2) is 43.0 Å². The average Bonchev–Trinajstić information content (AvgIpc) is 3.38. The van der Waals surface area contributed by atoms with Crippen LogP contribution in [0.4, 0.5) is 5.82 Å². The Balaban J connectivity index is 1.26. The van der Waals surface area contributed by atoms with Crippen LogP contribution in [0.25, 0.3) is 22.3 Å². The molecule has 1 aliphatic rings. The smallest absolute Gasteiger partial charge is 0.408 e. The molecule has 10 nitrogen and oxygen atoms in total. The average molecular weight is 499 g/mol. The molecule has 37 heavy (non-hydrogen) atoms. The van der Waals surface area contributed by atoms with Crippen molar-refractivity contribution < 1.29 is 9.21 Å². The fraction of sp³-hybridized carbons (Fsp3) is 0.296. The van der Waals surface area contributed by atoms with E-state index in [0.717, 1.165) is 35.3 Å². The zero-order valence-electron chi connectivity index (χ0n) is 20.8. The van der Waals surface area contributed by atoms with Crippen molar-refractivity contribution >= 4 is 33.9 Å². The number of rotatable bonds is 4. The minimum absolute atomic E-state index is 0.0588. The third-order valence-electron chi connectivity index (χ3n) is 7.31. The number of aromatic amines is 1. The molecule has 10 heteroatoms. The van der Waals surface area contributed by atoms with E-state index in [1.165, 1.54) is 4.57 Å². The lowest BCUT2D eigenvalue weighted by molar-refractivity contribution is 0.103. The minimum atomic E-state index is -0.459. The topological polar surface area (TPSA) is 119 Å². The van der Waals surface area contributed by atoms with E-state index in [1.807, 2.05) is 32.0 Å². The Kier molecular flexibility index (Phi) is 5.32. The molecule has 0 aliphatic carbocycles. The van der Waals surface area contributed by atoms with Crippen LogP contribution in [0.3, 0.4) is 0 Å². The van der Waals surface area contributed by atoms with E-state index in [-0.39, 0.29) is 17.5 Å². The van der Waals surface area contributed by atoms with E-state index in [0.29, 0.717) is 41.0 Å². The first kappa shape index (κ1) is 23.0. The van der Waals surface area contributed by atoms with Crippen molar-refractivity contribution in [1.29, 1.82) is 0 Å². The first-order valence-corrected chi connectivity index (χ1v) is 12.2. The lowest BCUT2D eigenvalue weighted by atomic mass is 9.98. The van der Waals surface area contributed by atoms with Gasteiger partial charge >= 0.3 is 11.4 Å². The van der Waals surface area contributed by atoms with Crippen LogP contribution in [0.2, 0.25) is 0 Å². The summed E-state index contributed by atoms with van der Waals surface area (Å²) in [6.07, 6.45) is 4.92. The number of aromatic nitrogens is 5. The van der Waals surface area contributed by atoms with Gasteiger partial charge in [-0.1, -0.05) is 0 Å².